The number of hydrogen-bond donors (Lipinski definition) is 1. The quantitative estimate of drug-likeness (QED) is 0.856. The highest BCUT2D eigenvalue weighted by molar-refractivity contribution is 7.09. The summed E-state index contributed by atoms with van der Waals surface area (Å²) in [5, 5.41) is 10.3. The fourth-order valence-electron chi connectivity index (χ4n) is 2.46. The number of fused-ring (bicyclic) bond motifs is 1. The lowest BCUT2D eigenvalue weighted by atomic mass is 10.2. The first-order valence-corrected chi connectivity index (χ1v) is 9.08. The van der Waals surface area contributed by atoms with Crippen molar-refractivity contribution in [1.29, 1.82) is 0 Å². The zero-order chi connectivity index (χ0) is 19.8. The van der Waals surface area contributed by atoms with E-state index in [0.717, 1.165) is 17.8 Å². The van der Waals surface area contributed by atoms with Crippen molar-refractivity contribution >= 4 is 17.4 Å². The van der Waals surface area contributed by atoms with Crippen molar-refractivity contribution < 1.29 is 28.2 Å². The first-order chi connectivity index (χ1) is 12.7. The van der Waals surface area contributed by atoms with Gasteiger partial charge in [0.1, 0.15) is 0 Å². The molecule has 1 unspecified atom stereocenters. The van der Waals surface area contributed by atoms with Crippen LogP contribution in [0.3, 0.4) is 0 Å². The van der Waals surface area contributed by atoms with Crippen LogP contribution in [0.1, 0.15) is 30.7 Å². The molecule has 1 aromatic heterocycles. The van der Waals surface area contributed by atoms with E-state index < -0.39 is 18.4 Å². The Labute approximate surface area is 158 Å². The number of aliphatic hydroxyl groups is 1. The molecule has 0 saturated heterocycles. The van der Waals surface area contributed by atoms with Gasteiger partial charge < -0.3 is 19.5 Å². The Balaban J connectivity index is 2.08. The summed E-state index contributed by atoms with van der Waals surface area (Å²) in [6, 6.07) is 3.80. The standard InChI is InChI=1S/C17H19F2N3O4S/c1-4-5-11(23)14-9-22(16(27-14)20-15(24)21(2)3)10-6-7-12-13(8-10)26-17(18,19)25-12/h6-9,11,23H,4-5H2,1-3H3/b20-16-. The van der Waals surface area contributed by atoms with Crippen molar-refractivity contribution in [2.75, 3.05) is 14.1 Å². The number of rotatable bonds is 4. The minimum atomic E-state index is -3.71. The van der Waals surface area contributed by atoms with E-state index in [2.05, 4.69) is 14.5 Å². The van der Waals surface area contributed by atoms with Gasteiger partial charge in [-0.25, -0.2) is 4.79 Å². The Kier molecular flexibility index (Phi) is 5.20. The van der Waals surface area contributed by atoms with Crippen LogP contribution >= 0.6 is 11.3 Å². The number of aliphatic hydroxyl groups excluding tert-OH is 1. The first kappa shape index (κ1) is 19.3. The zero-order valence-corrected chi connectivity index (χ0v) is 15.8. The minimum Gasteiger partial charge on any atom is -0.395 e. The number of ether oxygens (including phenoxy) is 2. The zero-order valence-electron chi connectivity index (χ0n) is 15.0. The summed E-state index contributed by atoms with van der Waals surface area (Å²) < 4.78 is 37.0. The molecule has 2 amide bonds. The maximum atomic E-state index is 13.3. The maximum Gasteiger partial charge on any atom is 0.586 e. The van der Waals surface area contributed by atoms with Crippen molar-refractivity contribution in [2.45, 2.75) is 32.2 Å². The highest BCUT2D eigenvalue weighted by atomic mass is 32.1. The molecule has 0 fully saturated rings. The second kappa shape index (κ2) is 7.28. The van der Waals surface area contributed by atoms with Crippen LogP contribution in [0.5, 0.6) is 11.5 Å². The number of benzene rings is 1. The third kappa shape index (κ3) is 4.11. The molecule has 0 aliphatic carbocycles. The van der Waals surface area contributed by atoms with Gasteiger partial charge in [0.25, 0.3) is 0 Å². The number of carbonyl (C=O) groups is 1. The van der Waals surface area contributed by atoms with Crippen LogP contribution in [0.25, 0.3) is 5.69 Å². The molecule has 3 rings (SSSR count). The second-order valence-corrected chi connectivity index (χ2v) is 7.22. The Morgan fingerprint density at radius 2 is 2.07 bits per heavy atom. The SMILES string of the molecule is CCCC(O)c1cn(-c2ccc3c(c2)OC(F)(F)O3)/c(=N/C(=O)N(C)C)s1. The monoisotopic (exact) mass is 399 g/mol. The van der Waals surface area contributed by atoms with E-state index >= 15 is 0 Å². The number of thiazole rings is 1. The van der Waals surface area contributed by atoms with Crippen LogP contribution in [0.4, 0.5) is 13.6 Å². The molecule has 1 aliphatic rings. The molecule has 0 spiro atoms. The maximum absolute atomic E-state index is 13.3. The summed E-state index contributed by atoms with van der Waals surface area (Å²) in [6.45, 7) is 1.95. The van der Waals surface area contributed by atoms with Gasteiger partial charge in [0, 0.05) is 26.4 Å². The van der Waals surface area contributed by atoms with Gasteiger partial charge in [-0.2, -0.15) is 4.99 Å². The Bertz CT molecular complexity index is 923. The van der Waals surface area contributed by atoms with Gasteiger partial charge in [-0.1, -0.05) is 24.7 Å². The van der Waals surface area contributed by atoms with Gasteiger partial charge in [0.2, 0.25) is 0 Å². The summed E-state index contributed by atoms with van der Waals surface area (Å²) in [5.74, 6) is -0.189. The van der Waals surface area contributed by atoms with Crippen LogP contribution in [0.2, 0.25) is 0 Å². The predicted octanol–water partition coefficient (Wildman–Crippen LogP) is 3.28. The molecule has 7 nitrogen and oxygen atoms in total. The lowest BCUT2D eigenvalue weighted by Crippen LogP contribution is -2.26. The lowest BCUT2D eigenvalue weighted by Gasteiger charge is -2.07. The van der Waals surface area contributed by atoms with E-state index in [9.17, 15) is 18.7 Å². The summed E-state index contributed by atoms with van der Waals surface area (Å²) in [4.78, 5) is 18.3. The number of urea groups is 1. The van der Waals surface area contributed by atoms with Crippen LogP contribution < -0.4 is 14.3 Å². The van der Waals surface area contributed by atoms with E-state index in [-0.39, 0.29) is 11.5 Å². The molecule has 1 aromatic carbocycles. The lowest BCUT2D eigenvalue weighted by molar-refractivity contribution is -0.286. The van der Waals surface area contributed by atoms with Crippen LogP contribution in [0.15, 0.2) is 29.4 Å². The van der Waals surface area contributed by atoms with Crippen molar-refractivity contribution in [3.8, 4) is 17.2 Å². The number of hydrogen-bond acceptors (Lipinski definition) is 5. The molecule has 10 heteroatoms. The summed E-state index contributed by atoms with van der Waals surface area (Å²) in [7, 11) is 3.14. The topological polar surface area (TPSA) is 76.3 Å². The van der Waals surface area contributed by atoms with E-state index in [1.165, 1.54) is 17.0 Å². The van der Waals surface area contributed by atoms with Gasteiger partial charge in [-0.3, -0.25) is 4.57 Å². The second-order valence-electron chi connectivity index (χ2n) is 6.18. The molecule has 0 bridgehead atoms. The Hall–Kier alpha value is -2.46. The fourth-order valence-corrected chi connectivity index (χ4v) is 3.47. The molecule has 0 saturated carbocycles. The fraction of sp³-hybridized carbons (Fsp3) is 0.412. The third-order valence-corrected chi connectivity index (χ3v) is 4.88. The average molecular weight is 399 g/mol. The average Bonchev–Trinajstić information content (AvgIpc) is 3.13. The van der Waals surface area contributed by atoms with Gasteiger partial charge in [-0.15, -0.1) is 8.78 Å². The number of carbonyl (C=O) groups excluding carboxylic acids is 1. The molecule has 2 aromatic rings. The molecule has 1 aliphatic heterocycles. The van der Waals surface area contributed by atoms with Crippen LogP contribution in [0, 0.1) is 0 Å². The summed E-state index contributed by atoms with van der Waals surface area (Å²) >= 11 is 1.16. The third-order valence-electron chi connectivity index (χ3n) is 3.80. The van der Waals surface area contributed by atoms with E-state index in [1.54, 1.807) is 30.9 Å². The van der Waals surface area contributed by atoms with E-state index in [0.29, 0.717) is 21.8 Å². The minimum absolute atomic E-state index is 0.0753. The van der Waals surface area contributed by atoms with E-state index in [4.69, 9.17) is 0 Å². The van der Waals surface area contributed by atoms with Crippen LogP contribution in [-0.4, -0.2) is 41.0 Å². The van der Waals surface area contributed by atoms with E-state index in [1.807, 2.05) is 6.92 Å². The molecule has 0 radical (unpaired) electrons. The van der Waals surface area contributed by atoms with Crippen molar-refractivity contribution in [2.24, 2.45) is 4.99 Å². The Morgan fingerprint density at radius 1 is 1.37 bits per heavy atom. The largest absolute Gasteiger partial charge is 0.586 e. The Morgan fingerprint density at radius 3 is 2.74 bits per heavy atom. The highest BCUT2D eigenvalue weighted by Gasteiger charge is 2.43. The van der Waals surface area contributed by atoms with Gasteiger partial charge >= 0.3 is 12.3 Å². The number of nitrogens with zero attached hydrogens (tertiary/aromatic N) is 3. The first-order valence-electron chi connectivity index (χ1n) is 8.27. The molecule has 27 heavy (non-hydrogen) atoms. The number of halogens is 2. The molecular weight excluding hydrogens is 380 g/mol. The number of alkyl halides is 2. The van der Waals surface area contributed by atoms with Crippen molar-refractivity contribution in [3.63, 3.8) is 0 Å². The summed E-state index contributed by atoms with van der Waals surface area (Å²) in [5.41, 5.74) is 0.451. The predicted molar refractivity (Wildman–Crippen MR) is 94.4 cm³/mol. The van der Waals surface area contributed by atoms with Crippen LogP contribution in [-0.2, 0) is 0 Å². The smallest absolute Gasteiger partial charge is 0.395 e. The normalized spacial score (nSPS) is 16.4. The molecular formula is C17H19F2N3O4S. The van der Waals surface area contributed by atoms with Crippen molar-refractivity contribution in [3.05, 3.63) is 34.1 Å². The van der Waals surface area contributed by atoms with Gasteiger partial charge in [0.15, 0.2) is 16.3 Å². The van der Waals surface area contributed by atoms with Gasteiger partial charge in [0.05, 0.1) is 16.7 Å². The molecule has 1 atom stereocenters. The summed E-state index contributed by atoms with van der Waals surface area (Å²) in [6.07, 6.45) is -1.45. The molecule has 2 heterocycles. The number of amides is 2. The van der Waals surface area contributed by atoms with Crippen molar-refractivity contribution in [1.82, 2.24) is 9.47 Å². The molecule has 146 valence electrons. The number of aromatic nitrogens is 1. The molecule has 1 N–H and O–H groups in total. The highest BCUT2D eigenvalue weighted by Crippen LogP contribution is 2.41. The van der Waals surface area contributed by atoms with Gasteiger partial charge in [-0.05, 0) is 18.6 Å².